The molecule has 0 bridgehead atoms. The van der Waals surface area contributed by atoms with Gasteiger partial charge in [-0.2, -0.15) is 5.10 Å². The maximum absolute atomic E-state index is 13.5. The lowest BCUT2D eigenvalue weighted by Crippen LogP contribution is -2.30. The summed E-state index contributed by atoms with van der Waals surface area (Å²) in [7, 11) is 0. The molecule has 10 heteroatoms. The lowest BCUT2D eigenvalue weighted by Gasteiger charge is -2.21. The Morgan fingerprint density at radius 2 is 1.76 bits per heavy atom. The Balaban J connectivity index is 1.19. The highest BCUT2D eigenvalue weighted by Crippen LogP contribution is 2.34. The number of hydrogen-bond donors (Lipinski definition) is 4. The predicted molar refractivity (Wildman–Crippen MR) is 156 cm³/mol. The van der Waals surface area contributed by atoms with Crippen molar-refractivity contribution >= 4 is 33.5 Å². The first-order valence-corrected chi connectivity index (χ1v) is 13.6. The summed E-state index contributed by atoms with van der Waals surface area (Å²) in [5.41, 5.74) is 7.70. The van der Waals surface area contributed by atoms with Crippen molar-refractivity contribution in [3.63, 3.8) is 0 Å². The van der Waals surface area contributed by atoms with Crippen molar-refractivity contribution in [2.24, 2.45) is 5.92 Å². The Hall–Kier alpha value is -4.96. The topological polar surface area (TPSA) is 124 Å². The number of hydrogen-bond acceptors (Lipinski definition) is 6. The van der Waals surface area contributed by atoms with E-state index in [0.717, 1.165) is 64.7 Å². The molecule has 41 heavy (non-hydrogen) atoms. The van der Waals surface area contributed by atoms with Gasteiger partial charge in [0, 0.05) is 35.3 Å². The van der Waals surface area contributed by atoms with Crippen LogP contribution in [0.25, 0.3) is 55.7 Å². The van der Waals surface area contributed by atoms with Gasteiger partial charge in [0.25, 0.3) is 0 Å². The van der Waals surface area contributed by atoms with Crippen LogP contribution in [0.2, 0.25) is 0 Å². The molecule has 0 atom stereocenters. The molecule has 7 rings (SSSR count). The summed E-state index contributed by atoms with van der Waals surface area (Å²) in [6.07, 6.45) is 9.47. The highest BCUT2D eigenvalue weighted by atomic mass is 19.1. The molecule has 0 aliphatic carbocycles. The first-order chi connectivity index (χ1) is 20.1. The zero-order chi connectivity index (χ0) is 27.8. The van der Waals surface area contributed by atoms with E-state index < -0.39 is 0 Å². The Morgan fingerprint density at radius 1 is 0.927 bits per heavy atom. The van der Waals surface area contributed by atoms with Crippen LogP contribution in [0.4, 0.5) is 10.1 Å². The van der Waals surface area contributed by atoms with E-state index in [2.05, 4.69) is 35.8 Å². The van der Waals surface area contributed by atoms with Crippen molar-refractivity contribution in [3.8, 4) is 33.8 Å². The highest BCUT2D eigenvalue weighted by molar-refractivity contribution is 6.00. The minimum Gasteiger partial charge on any atom is -0.352 e. The van der Waals surface area contributed by atoms with Crippen molar-refractivity contribution in [3.05, 3.63) is 79.1 Å². The van der Waals surface area contributed by atoms with E-state index in [4.69, 9.17) is 4.98 Å². The van der Waals surface area contributed by atoms with E-state index in [9.17, 15) is 9.18 Å². The molecule has 4 N–H and O–H groups in total. The molecule has 1 aliphatic heterocycles. The fraction of sp³-hybridized carbons (Fsp3) is 0.194. The van der Waals surface area contributed by atoms with Crippen molar-refractivity contribution in [2.45, 2.75) is 19.3 Å². The Bertz CT molecular complexity index is 1870. The van der Waals surface area contributed by atoms with Crippen LogP contribution in [-0.2, 0) is 4.79 Å². The van der Waals surface area contributed by atoms with Gasteiger partial charge >= 0.3 is 0 Å². The Labute approximate surface area is 234 Å². The average molecular weight is 547 g/mol. The van der Waals surface area contributed by atoms with Gasteiger partial charge < -0.3 is 15.6 Å². The van der Waals surface area contributed by atoms with Crippen LogP contribution in [0.1, 0.15) is 19.3 Å². The number of fused-ring (bicyclic) bond motifs is 2. The van der Waals surface area contributed by atoms with Gasteiger partial charge in [0.2, 0.25) is 5.91 Å². The lowest BCUT2D eigenvalue weighted by atomic mass is 9.94. The van der Waals surface area contributed by atoms with Crippen molar-refractivity contribution in [1.82, 2.24) is 35.5 Å². The SMILES string of the molecule is O=C(CC1CCNCC1)Nc1cncc(-c2ccc3[nH]nc(-c4cc5c(-c6ccc(F)cc6)cncc5[nH]4)c3n2)c1. The normalized spacial score (nSPS) is 14.1. The summed E-state index contributed by atoms with van der Waals surface area (Å²) in [4.78, 5) is 29.7. The van der Waals surface area contributed by atoms with E-state index in [1.807, 2.05) is 24.3 Å². The molecule has 204 valence electrons. The highest BCUT2D eigenvalue weighted by Gasteiger charge is 2.18. The second kappa shape index (κ2) is 10.5. The number of pyridine rings is 3. The maximum Gasteiger partial charge on any atom is 0.224 e. The van der Waals surface area contributed by atoms with Crippen LogP contribution >= 0.6 is 0 Å². The minimum absolute atomic E-state index is 0.00434. The van der Waals surface area contributed by atoms with Gasteiger partial charge in [0.15, 0.2) is 0 Å². The van der Waals surface area contributed by atoms with Gasteiger partial charge in [0.05, 0.1) is 40.5 Å². The van der Waals surface area contributed by atoms with Crippen molar-refractivity contribution < 1.29 is 9.18 Å². The predicted octanol–water partition coefficient (Wildman–Crippen LogP) is 5.70. The quantitative estimate of drug-likeness (QED) is 0.213. The molecule has 0 unspecified atom stereocenters. The first kappa shape index (κ1) is 25.0. The number of aromatic nitrogens is 6. The van der Waals surface area contributed by atoms with Crippen LogP contribution in [0, 0.1) is 11.7 Å². The number of benzene rings is 1. The number of amides is 1. The van der Waals surface area contributed by atoms with Crippen LogP contribution in [-0.4, -0.2) is 49.1 Å². The standard InChI is InChI=1S/C31H27FN8O/c32-21-3-1-19(2-4-21)24-16-35-17-28-23(24)13-27(37-28)31-30-26(39-40-31)6-5-25(38-30)20-12-22(15-34-14-20)36-29(41)11-18-7-9-33-10-8-18/h1-6,12-18,33,37H,7-11H2,(H,36,41)(H,39,40). The fourth-order valence-corrected chi connectivity index (χ4v) is 5.49. The average Bonchev–Trinajstić information content (AvgIpc) is 3.62. The number of anilines is 1. The summed E-state index contributed by atoms with van der Waals surface area (Å²) in [5, 5.41) is 14.9. The monoisotopic (exact) mass is 546 g/mol. The van der Waals surface area contributed by atoms with Crippen LogP contribution in [0.15, 0.2) is 73.3 Å². The molecular formula is C31H27FN8O. The molecule has 1 fully saturated rings. The van der Waals surface area contributed by atoms with Gasteiger partial charge in [-0.3, -0.25) is 19.9 Å². The smallest absolute Gasteiger partial charge is 0.224 e. The first-order valence-electron chi connectivity index (χ1n) is 13.6. The maximum atomic E-state index is 13.5. The molecule has 9 nitrogen and oxygen atoms in total. The third-order valence-corrected chi connectivity index (χ3v) is 7.61. The number of H-pyrrole nitrogens is 2. The zero-order valence-corrected chi connectivity index (χ0v) is 22.1. The number of nitrogens with zero attached hydrogens (tertiary/aromatic N) is 4. The number of carbonyl (C=O) groups excluding carboxylic acids is 1. The van der Waals surface area contributed by atoms with E-state index in [0.29, 0.717) is 34.9 Å². The van der Waals surface area contributed by atoms with E-state index in [1.54, 1.807) is 36.9 Å². The number of halogens is 1. The summed E-state index contributed by atoms with van der Waals surface area (Å²) in [6, 6.07) is 14.1. The number of aromatic amines is 2. The van der Waals surface area contributed by atoms with Crippen LogP contribution < -0.4 is 10.6 Å². The summed E-state index contributed by atoms with van der Waals surface area (Å²) >= 11 is 0. The molecule has 6 aromatic rings. The fourth-order valence-electron chi connectivity index (χ4n) is 5.49. The molecule has 6 heterocycles. The molecule has 0 spiro atoms. The zero-order valence-electron chi connectivity index (χ0n) is 22.1. The van der Waals surface area contributed by atoms with Gasteiger partial charge in [-0.1, -0.05) is 12.1 Å². The van der Waals surface area contributed by atoms with Crippen LogP contribution in [0.3, 0.4) is 0 Å². The van der Waals surface area contributed by atoms with Gasteiger partial charge in [0.1, 0.15) is 17.0 Å². The summed E-state index contributed by atoms with van der Waals surface area (Å²) in [5.74, 6) is 0.127. The summed E-state index contributed by atoms with van der Waals surface area (Å²) in [6.45, 7) is 1.92. The molecule has 0 radical (unpaired) electrons. The molecule has 1 aromatic carbocycles. The summed E-state index contributed by atoms with van der Waals surface area (Å²) < 4.78 is 13.5. The molecule has 1 amide bonds. The molecule has 5 aromatic heterocycles. The van der Waals surface area contributed by atoms with E-state index in [1.165, 1.54) is 12.1 Å². The second-order valence-electron chi connectivity index (χ2n) is 10.4. The lowest BCUT2D eigenvalue weighted by molar-refractivity contribution is -0.117. The minimum atomic E-state index is -0.283. The molecular weight excluding hydrogens is 519 g/mol. The molecule has 0 saturated carbocycles. The van der Waals surface area contributed by atoms with Crippen molar-refractivity contribution in [1.29, 1.82) is 0 Å². The molecule has 1 aliphatic rings. The Kier molecular flexibility index (Phi) is 6.44. The van der Waals surface area contributed by atoms with Gasteiger partial charge in [-0.05, 0) is 73.8 Å². The number of nitrogens with one attached hydrogen (secondary N) is 4. The largest absolute Gasteiger partial charge is 0.352 e. The third-order valence-electron chi connectivity index (χ3n) is 7.61. The number of rotatable bonds is 6. The number of piperidine rings is 1. The molecule has 1 saturated heterocycles. The van der Waals surface area contributed by atoms with Crippen molar-refractivity contribution in [2.75, 3.05) is 18.4 Å². The number of carbonyl (C=O) groups is 1. The van der Waals surface area contributed by atoms with E-state index in [-0.39, 0.29) is 11.7 Å². The van der Waals surface area contributed by atoms with Gasteiger partial charge in [-0.15, -0.1) is 0 Å². The van der Waals surface area contributed by atoms with Crippen LogP contribution in [0.5, 0.6) is 0 Å². The second-order valence-corrected chi connectivity index (χ2v) is 10.4. The Morgan fingerprint density at radius 3 is 2.61 bits per heavy atom. The van der Waals surface area contributed by atoms with E-state index >= 15 is 0 Å². The third kappa shape index (κ3) is 5.05. The van der Waals surface area contributed by atoms with Gasteiger partial charge in [-0.25, -0.2) is 9.37 Å².